The highest BCUT2D eigenvalue weighted by Crippen LogP contribution is 2.12. The van der Waals surface area contributed by atoms with Gasteiger partial charge in [0, 0.05) is 6.42 Å². The second kappa shape index (κ2) is 13.1. The van der Waals surface area contributed by atoms with Crippen LogP contribution in [0.25, 0.3) is 0 Å². The van der Waals surface area contributed by atoms with Crippen LogP contribution in [0.15, 0.2) is 12.7 Å². The minimum absolute atomic E-state index is 0.0372. The summed E-state index contributed by atoms with van der Waals surface area (Å²) in [5, 5.41) is 2.89. The van der Waals surface area contributed by atoms with Crippen molar-refractivity contribution in [2.45, 2.75) is 97.3 Å². The Morgan fingerprint density at radius 2 is 1.60 bits per heavy atom. The predicted molar refractivity (Wildman–Crippen MR) is 108 cm³/mol. The molecule has 25 heavy (non-hydrogen) atoms. The number of unbranched alkanes of at least 4 members (excludes halogenated alkanes) is 6. The van der Waals surface area contributed by atoms with Gasteiger partial charge in [0.25, 0.3) is 0 Å². The van der Waals surface area contributed by atoms with E-state index in [-0.39, 0.29) is 11.9 Å². The Kier molecular flexibility index (Phi) is 12.6. The van der Waals surface area contributed by atoms with Crippen LogP contribution in [-0.2, 0) is 14.0 Å². The van der Waals surface area contributed by atoms with Gasteiger partial charge in [-0.15, -0.1) is 6.58 Å². The van der Waals surface area contributed by atoms with Gasteiger partial charge in [-0.2, -0.15) is 0 Å². The number of carbonyl (C=O) groups excluding carboxylic acids is 2. The first-order chi connectivity index (χ1) is 11.7. The van der Waals surface area contributed by atoms with Gasteiger partial charge in [0.2, 0.25) is 14.2 Å². The van der Waals surface area contributed by atoms with E-state index in [9.17, 15) is 9.59 Å². The Morgan fingerprint density at radius 3 is 2.12 bits per heavy atom. The molecule has 0 heterocycles. The van der Waals surface area contributed by atoms with Crippen molar-refractivity contribution in [3.63, 3.8) is 0 Å². The van der Waals surface area contributed by atoms with Crippen molar-refractivity contribution in [2.75, 3.05) is 0 Å². The maximum absolute atomic E-state index is 12.3. The number of carbonyl (C=O) groups is 2. The first kappa shape index (κ1) is 23.9. The summed E-state index contributed by atoms with van der Waals surface area (Å²) in [6.07, 6.45) is 10.9. The minimum Gasteiger partial charge on any atom is -0.518 e. The summed E-state index contributed by atoms with van der Waals surface area (Å²) in [7, 11) is -1.94. The largest absolute Gasteiger partial charge is 0.518 e. The Balaban J connectivity index is 4.13. The lowest BCUT2D eigenvalue weighted by atomic mass is 10.0. The molecule has 1 atom stereocenters. The Bertz CT molecular complexity index is 402. The van der Waals surface area contributed by atoms with Crippen LogP contribution in [0.2, 0.25) is 19.6 Å². The number of nitrogens with one attached hydrogen (secondary N) is 1. The maximum Gasteiger partial charge on any atom is 0.315 e. The molecule has 0 radical (unpaired) electrons. The van der Waals surface area contributed by atoms with Gasteiger partial charge in [-0.3, -0.25) is 9.59 Å². The molecule has 1 N–H and O–H groups in total. The zero-order valence-electron chi connectivity index (χ0n) is 17.0. The second-order valence-electron chi connectivity index (χ2n) is 8.23. The van der Waals surface area contributed by atoms with Gasteiger partial charge in [-0.1, -0.05) is 45.6 Å². The van der Waals surface area contributed by atoms with Crippen molar-refractivity contribution < 1.29 is 14.0 Å². The lowest BCUT2D eigenvalue weighted by Crippen LogP contribution is -2.46. The predicted octanol–water partition coefficient (Wildman–Crippen LogP) is 5.20. The van der Waals surface area contributed by atoms with E-state index in [4.69, 9.17) is 4.43 Å². The van der Waals surface area contributed by atoms with Crippen LogP contribution < -0.4 is 5.32 Å². The molecule has 0 aliphatic heterocycles. The second-order valence-corrected chi connectivity index (χ2v) is 12.7. The molecular weight excluding hydrogens is 330 g/mol. The molecule has 0 aliphatic carbocycles. The normalized spacial score (nSPS) is 12.7. The van der Waals surface area contributed by atoms with Crippen LogP contribution >= 0.6 is 0 Å². The first-order valence-electron chi connectivity index (χ1n) is 9.79. The monoisotopic (exact) mass is 369 g/mol. The molecule has 0 unspecified atom stereocenters. The molecule has 5 heteroatoms. The topological polar surface area (TPSA) is 55.4 Å². The van der Waals surface area contributed by atoms with E-state index in [1.54, 1.807) is 0 Å². The molecule has 0 spiro atoms. The Hall–Kier alpha value is -1.10. The van der Waals surface area contributed by atoms with Crippen molar-refractivity contribution in [2.24, 2.45) is 5.92 Å². The van der Waals surface area contributed by atoms with Gasteiger partial charge in [-0.25, -0.2) is 0 Å². The molecule has 0 fully saturated rings. The molecule has 0 saturated carbocycles. The van der Waals surface area contributed by atoms with E-state index in [0.717, 1.165) is 25.7 Å². The van der Waals surface area contributed by atoms with Gasteiger partial charge in [0.15, 0.2) is 0 Å². The molecule has 0 aromatic heterocycles. The van der Waals surface area contributed by atoms with E-state index in [1.165, 1.54) is 19.3 Å². The number of hydrogen-bond acceptors (Lipinski definition) is 3. The molecule has 146 valence electrons. The van der Waals surface area contributed by atoms with Gasteiger partial charge >= 0.3 is 5.97 Å². The molecular formula is C20H39NO3Si. The third kappa shape index (κ3) is 14.9. The third-order valence-electron chi connectivity index (χ3n) is 3.80. The van der Waals surface area contributed by atoms with E-state index >= 15 is 0 Å². The van der Waals surface area contributed by atoms with Crippen LogP contribution in [0.5, 0.6) is 0 Å². The number of rotatable bonds is 14. The zero-order chi connectivity index (χ0) is 19.3. The van der Waals surface area contributed by atoms with E-state index in [1.807, 2.05) is 39.6 Å². The maximum atomic E-state index is 12.3. The molecule has 0 aliphatic rings. The summed E-state index contributed by atoms with van der Waals surface area (Å²) in [4.78, 5) is 24.5. The molecule has 0 saturated heterocycles. The summed E-state index contributed by atoms with van der Waals surface area (Å²) in [6, 6.07) is -0.516. The Labute approximate surface area is 155 Å². The Morgan fingerprint density at radius 1 is 1.04 bits per heavy atom. The van der Waals surface area contributed by atoms with Crippen LogP contribution in [-0.4, -0.2) is 26.2 Å². The quantitative estimate of drug-likeness (QED) is 0.260. The zero-order valence-corrected chi connectivity index (χ0v) is 18.0. The highest BCUT2D eigenvalue weighted by atomic mass is 28.4. The molecule has 4 nitrogen and oxygen atoms in total. The van der Waals surface area contributed by atoms with Crippen molar-refractivity contribution in [1.82, 2.24) is 5.32 Å². The van der Waals surface area contributed by atoms with Gasteiger partial charge in [0.1, 0.15) is 6.04 Å². The summed E-state index contributed by atoms with van der Waals surface area (Å²) in [5.41, 5.74) is 0. The van der Waals surface area contributed by atoms with Crippen LogP contribution in [0.1, 0.15) is 71.6 Å². The van der Waals surface area contributed by atoms with Crippen molar-refractivity contribution >= 4 is 20.2 Å². The van der Waals surface area contributed by atoms with Gasteiger partial charge < -0.3 is 9.74 Å². The van der Waals surface area contributed by atoms with Crippen molar-refractivity contribution in [3.05, 3.63) is 12.7 Å². The lowest BCUT2D eigenvalue weighted by Gasteiger charge is -2.24. The van der Waals surface area contributed by atoms with E-state index < -0.39 is 14.4 Å². The summed E-state index contributed by atoms with van der Waals surface area (Å²) < 4.78 is 5.57. The average Bonchev–Trinajstić information content (AvgIpc) is 2.47. The molecule has 1 amide bonds. The fourth-order valence-electron chi connectivity index (χ4n) is 2.61. The molecule has 0 rings (SSSR count). The summed E-state index contributed by atoms with van der Waals surface area (Å²) in [6.45, 7) is 13.8. The SMILES string of the molecule is C=CCCCCCCCCC(=O)N[C@@H](CC(C)C)C(=O)O[Si](C)(C)C. The standard InChI is InChI=1S/C20H39NO3Si/c1-7-8-9-10-11-12-13-14-15-19(22)21-18(16-17(2)3)20(23)24-25(4,5)6/h7,17-18H,1,8-16H2,2-6H3,(H,21,22)/t18-/m0/s1. The lowest BCUT2D eigenvalue weighted by molar-refractivity contribution is -0.140. The minimum atomic E-state index is -1.94. The van der Waals surface area contributed by atoms with Crippen molar-refractivity contribution in [1.29, 1.82) is 0 Å². The smallest absolute Gasteiger partial charge is 0.315 e. The molecule has 0 bridgehead atoms. The first-order valence-corrected chi connectivity index (χ1v) is 13.2. The van der Waals surface area contributed by atoms with E-state index in [0.29, 0.717) is 18.8 Å². The number of hydrogen-bond donors (Lipinski definition) is 1. The fourth-order valence-corrected chi connectivity index (χ4v) is 3.35. The fraction of sp³-hybridized carbons (Fsp3) is 0.800. The van der Waals surface area contributed by atoms with Crippen molar-refractivity contribution in [3.8, 4) is 0 Å². The van der Waals surface area contributed by atoms with Crippen LogP contribution in [0.4, 0.5) is 0 Å². The van der Waals surface area contributed by atoms with Gasteiger partial charge in [0.05, 0.1) is 0 Å². The third-order valence-corrected chi connectivity index (χ3v) is 4.61. The highest BCUT2D eigenvalue weighted by molar-refractivity contribution is 6.71. The number of amides is 1. The highest BCUT2D eigenvalue weighted by Gasteiger charge is 2.28. The van der Waals surface area contributed by atoms with Crippen LogP contribution in [0.3, 0.4) is 0 Å². The summed E-state index contributed by atoms with van der Waals surface area (Å²) in [5.74, 6) is 0.0170. The average molecular weight is 370 g/mol. The van der Waals surface area contributed by atoms with E-state index in [2.05, 4.69) is 11.9 Å². The van der Waals surface area contributed by atoms with Crippen LogP contribution in [0, 0.1) is 5.92 Å². The molecule has 0 aromatic rings. The van der Waals surface area contributed by atoms with Gasteiger partial charge in [-0.05, 0) is 51.2 Å². The summed E-state index contributed by atoms with van der Waals surface area (Å²) >= 11 is 0. The molecule has 0 aromatic carbocycles. The number of allylic oxidation sites excluding steroid dienone is 1.